The summed E-state index contributed by atoms with van der Waals surface area (Å²) >= 11 is 0. The number of H-pyrrole nitrogens is 1. The van der Waals surface area contributed by atoms with Crippen molar-refractivity contribution in [2.75, 3.05) is 0 Å². The second-order valence-corrected chi connectivity index (χ2v) is 9.50. The van der Waals surface area contributed by atoms with E-state index in [-0.39, 0.29) is 30.5 Å². The first-order valence-corrected chi connectivity index (χ1v) is 11.3. The maximum absolute atomic E-state index is 14.1. The molecule has 0 atom stereocenters. The molecule has 3 N–H and O–H groups in total. The van der Waals surface area contributed by atoms with Gasteiger partial charge in [0.1, 0.15) is 5.82 Å². The third-order valence-corrected chi connectivity index (χ3v) is 6.98. The van der Waals surface area contributed by atoms with Crippen LogP contribution in [0.5, 0.6) is 0 Å². The lowest BCUT2D eigenvalue weighted by molar-refractivity contribution is -0.162. The molecule has 5 rings (SSSR count). The van der Waals surface area contributed by atoms with Gasteiger partial charge in [0.25, 0.3) is 0 Å². The fourth-order valence-electron chi connectivity index (χ4n) is 5.22. The zero-order valence-corrected chi connectivity index (χ0v) is 18.9. The van der Waals surface area contributed by atoms with Crippen molar-refractivity contribution in [3.05, 3.63) is 53.1 Å². The summed E-state index contributed by atoms with van der Waals surface area (Å²) in [6.45, 7) is 5.99. The third-order valence-electron chi connectivity index (χ3n) is 6.98. The number of aryl methyl sites for hydroxylation is 1. The van der Waals surface area contributed by atoms with Crippen molar-refractivity contribution >= 4 is 28.0 Å². The molecule has 0 saturated heterocycles. The molecule has 7 nitrogen and oxygen atoms in total. The first-order valence-electron chi connectivity index (χ1n) is 11.3. The van der Waals surface area contributed by atoms with Crippen molar-refractivity contribution in [1.82, 2.24) is 19.7 Å². The molecular weight excluding hydrogens is 423 g/mol. The minimum atomic E-state index is -1.68. The molecule has 0 unspecified atom stereocenters. The lowest BCUT2D eigenvalue weighted by atomic mass is 9.75. The maximum Gasteiger partial charge on any atom is 0.335 e. The number of halogens is 1. The number of aliphatic carboxylic acids is 1. The minimum absolute atomic E-state index is 0.0557. The van der Waals surface area contributed by atoms with E-state index in [9.17, 15) is 19.4 Å². The van der Waals surface area contributed by atoms with Crippen LogP contribution >= 0.6 is 0 Å². The van der Waals surface area contributed by atoms with Gasteiger partial charge in [0, 0.05) is 22.3 Å². The van der Waals surface area contributed by atoms with Gasteiger partial charge >= 0.3 is 5.97 Å². The van der Waals surface area contributed by atoms with Crippen LogP contribution in [0.15, 0.2) is 30.5 Å². The van der Waals surface area contributed by atoms with E-state index in [1.807, 2.05) is 12.1 Å². The zero-order valence-electron chi connectivity index (χ0n) is 18.9. The van der Waals surface area contributed by atoms with Crippen molar-refractivity contribution in [3.63, 3.8) is 0 Å². The summed E-state index contributed by atoms with van der Waals surface area (Å²) < 4.78 is 16.2. The Kier molecular flexibility index (Phi) is 5.01. The Hall–Kier alpha value is -3.26. The average Bonchev–Trinajstić information content (AvgIpc) is 3.36. The fourth-order valence-corrected chi connectivity index (χ4v) is 5.22. The zero-order chi connectivity index (χ0) is 23.5. The van der Waals surface area contributed by atoms with Crippen LogP contribution in [0.4, 0.5) is 4.39 Å². The highest BCUT2D eigenvalue weighted by molar-refractivity contribution is 5.93. The predicted octanol–water partition coefficient (Wildman–Crippen LogP) is 4.95. The number of hydrogen-bond acceptors (Lipinski definition) is 4. The topological polar surface area (TPSA) is 104 Å². The first kappa shape index (κ1) is 21.6. The smallest absolute Gasteiger partial charge is 0.335 e. The van der Waals surface area contributed by atoms with Crippen LogP contribution in [0.3, 0.4) is 0 Å². The molecule has 3 aromatic heterocycles. The Morgan fingerprint density at radius 1 is 1.27 bits per heavy atom. The van der Waals surface area contributed by atoms with Crippen molar-refractivity contribution in [2.45, 2.75) is 63.9 Å². The van der Waals surface area contributed by atoms with Gasteiger partial charge < -0.3 is 14.8 Å². The van der Waals surface area contributed by atoms with Crippen LogP contribution in [0.2, 0.25) is 0 Å². The molecule has 33 heavy (non-hydrogen) atoms. The van der Waals surface area contributed by atoms with E-state index in [1.54, 1.807) is 19.2 Å². The Labute approximate surface area is 190 Å². The Bertz CT molecular complexity index is 1380. The molecule has 1 aromatic carbocycles. The molecule has 0 spiro atoms. The summed E-state index contributed by atoms with van der Waals surface area (Å²) in [5.41, 5.74) is 4.33. The highest BCUT2D eigenvalue weighted by Gasteiger charge is 2.42. The number of pyridine rings is 1. The van der Waals surface area contributed by atoms with Gasteiger partial charge in [-0.25, -0.2) is 14.2 Å². The number of nitrogens with zero attached hydrogens (tertiary/aromatic N) is 3. The number of aromatic amines is 1. The summed E-state index contributed by atoms with van der Waals surface area (Å²) in [4.78, 5) is 16.5. The maximum atomic E-state index is 14.1. The number of rotatable bonds is 4. The van der Waals surface area contributed by atoms with Crippen molar-refractivity contribution in [2.24, 2.45) is 0 Å². The molecule has 1 aliphatic rings. The summed E-state index contributed by atoms with van der Waals surface area (Å²) in [6.07, 6.45) is 3.22. The molecule has 172 valence electrons. The van der Waals surface area contributed by atoms with E-state index in [2.05, 4.69) is 28.6 Å². The molecule has 1 saturated carbocycles. The molecule has 0 aliphatic heterocycles. The molecule has 1 fully saturated rings. The minimum Gasteiger partial charge on any atom is -0.479 e. The molecule has 0 radical (unpaired) electrons. The number of aliphatic hydroxyl groups is 1. The number of carbonyl (C=O) groups is 1. The number of nitrogens with one attached hydrogen (secondary N) is 1. The van der Waals surface area contributed by atoms with Gasteiger partial charge in [0.2, 0.25) is 0 Å². The quantitative estimate of drug-likeness (QED) is 0.408. The molecule has 0 bridgehead atoms. The summed E-state index contributed by atoms with van der Waals surface area (Å²) in [5, 5.41) is 27.9. The van der Waals surface area contributed by atoms with Crippen molar-refractivity contribution < 1.29 is 19.4 Å². The number of aromatic nitrogens is 4. The van der Waals surface area contributed by atoms with E-state index >= 15 is 0 Å². The lowest BCUT2D eigenvalue weighted by Gasteiger charge is -2.33. The van der Waals surface area contributed by atoms with Crippen LogP contribution in [0.25, 0.3) is 27.8 Å². The summed E-state index contributed by atoms with van der Waals surface area (Å²) in [5.74, 6) is -1.22. The van der Waals surface area contributed by atoms with E-state index in [0.717, 1.165) is 33.4 Å². The molecular formula is C25H27FN4O3. The largest absolute Gasteiger partial charge is 0.479 e. The van der Waals surface area contributed by atoms with Crippen LogP contribution < -0.4 is 0 Å². The Morgan fingerprint density at radius 2 is 2.00 bits per heavy atom. The van der Waals surface area contributed by atoms with Crippen molar-refractivity contribution in [1.29, 1.82) is 0 Å². The van der Waals surface area contributed by atoms with E-state index in [0.29, 0.717) is 24.1 Å². The molecule has 8 heteroatoms. The predicted molar refractivity (Wildman–Crippen MR) is 123 cm³/mol. The second-order valence-electron chi connectivity index (χ2n) is 9.50. The Balaban J connectivity index is 1.77. The lowest BCUT2D eigenvalue weighted by Crippen LogP contribution is -2.41. The Morgan fingerprint density at radius 3 is 2.64 bits per heavy atom. The van der Waals surface area contributed by atoms with Crippen LogP contribution in [0, 0.1) is 12.7 Å². The highest BCUT2D eigenvalue weighted by atomic mass is 19.1. The number of carboxylic acids is 1. The number of fused-ring (bicyclic) bond motifs is 2. The SMILES string of the molecule is Cc1cc(-n2c(C(C)C)c([C@H]3CC[C@](O)(C(=O)O)CC3)c3nc4[nH]ncc4cc32)ccc1F. The number of carboxylic acid groups (broad SMARTS) is 1. The normalized spacial score (nSPS) is 21.3. The van der Waals surface area contributed by atoms with Gasteiger partial charge in [0.15, 0.2) is 11.2 Å². The van der Waals surface area contributed by atoms with Gasteiger partial charge in [-0.05, 0) is 74.3 Å². The van der Waals surface area contributed by atoms with E-state index in [1.165, 1.54) is 6.07 Å². The van der Waals surface area contributed by atoms with Gasteiger partial charge in [-0.2, -0.15) is 5.10 Å². The first-order chi connectivity index (χ1) is 15.7. The highest BCUT2D eigenvalue weighted by Crippen LogP contribution is 2.45. The standard InChI is InChI=1S/C25H27FN4O3/c1-13(2)22-20(15-6-8-25(33,9-7-15)24(31)32)21-19(11-16-12-27-29-23(16)28-21)30(22)17-4-5-18(26)14(3)10-17/h4-5,10-13,15,33H,6-9H2,1-3H3,(H,31,32)(H,27,28,29)/t15-,25+. The summed E-state index contributed by atoms with van der Waals surface area (Å²) in [6, 6.07) is 7.15. The third kappa shape index (κ3) is 3.40. The second kappa shape index (κ2) is 7.66. The molecule has 0 amide bonds. The van der Waals surface area contributed by atoms with Crippen LogP contribution in [-0.2, 0) is 4.79 Å². The molecule has 4 aromatic rings. The number of hydrogen-bond donors (Lipinski definition) is 3. The van der Waals surface area contributed by atoms with Crippen molar-refractivity contribution in [3.8, 4) is 5.69 Å². The summed E-state index contributed by atoms with van der Waals surface area (Å²) in [7, 11) is 0. The molecule has 3 heterocycles. The van der Waals surface area contributed by atoms with Crippen LogP contribution in [0.1, 0.15) is 68.2 Å². The van der Waals surface area contributed by atoms with E-state index < -0.39 is 11.6 Å². The van der Waals surface area contributed by atoms with Gasteiger partial charge in [0.05, 0.1) is 17.2 Å². The average molecular weight is 451 g/mol. The van der Waals surface area contributed by atoms with Crippen LogP contribution in [-0.4, -0.2) is 41.5 Å². The number of benzene rings is 1. The fraction of sp³-hybridized carbons (Fsp3) is 0.400. The van der Waals surface area contributed by atoms with Gasteiger partial charge in [-0.15, -0.1) is 0 Å². The van der Waals surface area contributed by atoms with E-state index in [4.69, 9.17) is 4.98 Å². The van der Waals surface area contributed by atoms with Gasteiger partial charge in [-0.3, -0.25) is 5.10 Å². The molecule has 1 aliphatic carbocycles. The monoisotopic (exact) mass is 450 g/mol. The van der Waals surface area contributed by atoms with Gasteiger partial charge in [-0.1, -0.05) is 13.8 Å².